The molecule has 1 N–H and O–H groups in total. The third-order valence-corrected chi connectivity index (χ3v) is 0. The van der Waals surface area contributed by atoms with E-state index in [1.165, 1.54) is 0 Å². The number of aliphatic carboxylic acids is 1. The summed E-state index contributed by atoms with van der Waals surface area (Å²) >= 11 is 0. The zero-order valence-corrected chi connectivity index (χ0v) is 2.36. The van der Waals surface area contributed by atoms with Gasteiger partial charge < -0.3 is 5.11 Å². The van der Waals surface area contributed by atoms with E-state index >= 15 is 0 Å². The normalized spacial score (nSPS) is 4.17. The molecule has 0 bridgehead atoms. The summed E-state index contributed by atoms with van der Waals surface area (Å²) in [6, 6.07) is 0. The molecule has 0 unspecified atom stereocenters. The number of rotatable bonds is 0. The van der Waals surface area contributed by atoms with E-state index in [0.717, 1.165) is 6.92 Å². The SMILES string of the molecule is CC(=O)O.[HH].[MgH2].[NaH]. The zero-order valence-electron chi connectivity index (χ0n) is 2.36. The summed E-state index contributed by atoms with van der Waals surface area (Å²) in [6.07, 6.45) is 0. The van der Waals surface area contributed by atoms with Gasteiger partial charge in [-0.15, -0.1) is 0 Å². The average Bonchev–Trinajstić information content (AvgIpc) is 0.811. The summed E-state index contributed by atoms with van der Waals surface area (Å²) < 4.78 is 0. The molecule has 4 heteroatoms. The van der Waals surface area contributed by atoms with Crippen molar-refractivity contribution in [2.24, 2.45) is 0 Å². The van der Waals surface area contributed by atoms with Crippen LogP contribution in [-0.2, 0) is 4.79 Å². The van der Waals surface area contributed by atoms with E-state index in [2.05, 4.69) is 0 Å². The molecule has 0 aromatic heterocycles. The zero-order chi connectivity index (χ0) is 3.58. The topological polar surface area (TPSA) is 37.3 Å². The predicted molar refractivity (Wildman–Crippen MR) is 31.1 cm³/mol. The van der Waals surface area contributed by atoms with Gasteiger partial charge in [0.25, 0.3) is 5.97 Å². The Bertz CT molecular complexity index is 38.7. The molecule has 2 nitrogen and oxygen atoms in total. The van der Waals surface area contributed by atoms with Gasteiger partial charge in [0, 0.05) is 8.35 Å². The van der Waals surface area contributed by atoms with Crippen molar-refractivity contribution in [2.75, 3.05) is 0 Å². The van der Waals surface area contributed by atoms with Gasteiger partial charge in [0.2, 0.25) is 0 Å². The maximum absolute atomic E-state index is 9.00. The van der Waals surface area contributed by atoms with Crippen LogP contribution in [0.4, 0.5) is 0 Å². The van der Waals surface area contributed by atoms with Gasteiger partial charge in [-0.2, -0.15) is 0 Å². The second-order valence-corrected chi connectivity index (χ2v) is 0.519. The standard InChI is InChI=1S/C2H4O2.Mg.Na.H2.3H/c1-2(3)4;;;;;;/h1H3,(H,3,4);;;1H;;;. The van der Waals surface area contributed by atoms with Crippen LogP contribution in [-0.4, -0.2) is 63.7 Å². The van der Waals surface area contributed by atoms with Gasteiger partial charge >= 0.3 is 52.6 Å². The number of carboxylic acids is 1. The van der Waals surface area contributed by atoms with E-state index in [-0.39, 0.29) is 54.0 Å². The quantitative estimate of drug-likeness (QED) is 0.399. The average molecular weight is 112 g/mol. The Hall–Kier alpha value is 1.24. The summed E-state index contributed by atoms with van der Waals surface area (Å²) in [5.41, 5.74) is 0. The Morgan fingerprint density at radius 2 is 1.83 bits per heavy atom. The third-order valence-electron chi connectivity index (χ3n) is 0. The van der Waals surface area contributed by atoms with Crippen molar-refractivity contribution in [3.8, 4) is 0 Å². The summed E-state index contributed by atoms with van der Waals surface area (Å²) in [7, 11) is 0. The first kappa shape index (κ1) is 15.7. The molecule has 0 saturated carbocycles. The van der Waals surface area contributed by atoms with Crippen molar-refractivity contribution in [3.05, 3.63) is 0 Å². The molecule has 0 fully saturated rings. The van der Waals surface area contributed by atoms with Crippen LogP contribution in [0.2, 0.25) is 0 Å². The molecule has 0 aliphatic heterocycles. The molecule has 0 aromatic rings. The van der Waals surface area contributed by atoms with Gasteiger partial charge in [-0.25, -0.2) is 0 Å². The number of hydrogen-bond donors (Lipinski definition) is 1. The Balaban J connectivity index is -0.0000000150. The molecule has 0 rings (SSSR count). The molecule has 0 radical (unpaired) electrons. The molecule has 0 aromatic carbocycles. The van der Waals surface area contributed by atoms with E-state index in [9.17, 15) is 0 Å². The second kappa shape index (κ2) is 9.53. The van der Waals surface area contributed by atoms with Gasteiger partial charge in [0.15, 0.2) is 0 Å². The molecule has 0 atom stereocenters. The number of hydrogen-bond acceptors (Lipinski definition) is 1. The van der Waals surface area contributed by atoms with Crippen molar-refractivity contribution in [1.82, 2.24) is 0 Å². The van der Waals surface area contributed by atoms with Gasteiger partial charge in [-0.3, -0.25) is 4.79 Å². The maximum atomic E-state index is 9.00. The first-order valence-corrected chi connectivity index (χ1v) is 0.928. The van der Waals surface area contributed by atoms with Crippen LogP contribution < -0.4 is 0 Å². The van der Waals surface area contributed by atoms with Crippen LogP contribution in [0.5, 0.6) is 0 Å². The Kier molecular flexibility index (Phi) is 24.9. The van der Waals surface area contributed by atoms with Crippen LogP contribution in [0.15, 0.2) is 0 Å². The molecular weight excluding hydrogens is 103 g/mol. The number of carbonyl (C=O) groups is 1. The second-order valence-electron chi connectivity index (χ2n) is 0.519. The minimum absolute atomic E-state index is 0. The summed E-state index contributed by atoms with van der Waals surface area (Å²) in [4.78, 5) is 9.00. The van der Waals surface area contributed by atoms with Crippen LogP contribution in [0, 0.1) is 0 Å². The summed E-state index contributed by atoms with van der Waals surface area (Å²) in [5.74, 6) is -0.833. The molecule has 0 amide bonds. The molecule has 0 heterocycles. The van der Waals surface area contributed by atoms with E-state index in [1.807, 2.05) is 0 Å². The fraction of sp³-hybridized carbons (Fsp3) is 0.500. The first-order valence-electron chi connectivity index (χ1n) is 0.928. The van der Waals surface area contributed by atoms with Crippen molar-refractivity contribution in [1.29, 1.82) is 0 Å². The fourth-order valence-electron chi connectivity index (χ4n) is 0. The van der Waals surface area contributed by atoms with Crippen LogP contribution >= 0.6 is 0 Å². The van der Waals surface area contributed by atoms with Crippen molar-refractivity contribution < 1.29 is 11.3 Å². The fourth-order valence-corrected chi connectivity index (χ4v) is 0. The first-order chi connectivity index (χ1) is 1.73. The molecule has 32 valence electrons. The van der Waals surface area contributed by atoms with Crippen molar-refractivity contribution >= 4 is 58.6 Å². The molecule has 0 aliphatic carbocycles. The molecule has 0 saturated heterocycles. The van der Waals surface area contributed by atoms with Gasteiger partial charge in [0.05, 0.1) is 0 Å². The van der Waals surface area contributed by atoms with E-state index in [1.54, 1.807) is 0 Å². The molecule has 0 aliphatic rings. The minimum atomic E-state index is -0.833. The molecular formula is C2H9MgNaO2. The Morgan fingerprint density at radius 3 is 1.83 bits per heavy atom. The van der Waals surface area contributed by atoms with Gasteiger partial charge in [-0.05, 0) is 0 Å². The third kappa shape index (κ3) is 61.5. The van der Waals surface area contributed by atoms with E-state index in [4.69, 9.17) is 9.90 Å². The number of carboxylic acid groups (broad SMARTS) is 1. The van der Waals surface area contributed by atoms with E-state index in [0.29, 0.717) is 0 Å². The Morgan fingerprint density at radius 1 is 1.83 bits per heavy atom. The molecule has 0 spiro atoms. The van der Waals surface area contributed by atoms with Crippen LogP contribution in [0.3, 0.4) is 0 Å². The van der Waals surface area contributed by atoms with Crippen LogP contribution in [0.25, 0.3) is 0 Å². The molecule has 6 heavy (non-hydrogen) atoms. The summed E-state index contributed by atoms with van der Waals surface area (Å²) in [5, 5.41) is 7.42. The van der Waals surface area contributed by atoms with Crippen molar-refractivity contribution in [3.63, 3.8) is 0 Å². The van der Waals surface area contributed by atoms with Crippen molar-refractivity contribution in [2.45, 2.75) is 6.92 Å². The predicted octanol–water partition coefficient (Wildman–Crippen LogP) is -1.23. The van der Waals surface area contributed by atoms with Gasteiger partial charge in [-0.1, -0.05) is 0 Å². The Labute approximate surface area is 76.2 Å². The monoisotopic (exact) mass is 112 g/mol. The van der Waals surface area contributed by atoms with Crippen LogP contribution in [0.1, 0.15) is 8.35 Å². The van der Waals surface area contributed by atoms with Gasteiger partial charge in [0.1, 0.15) is 0 Å². The van der Waals surface area contributed by atoms with E-state index < -0.39 is 5.97 Å². The summed E-state index contributed by atoms with van der Waals surface area (Å²) in [6.45, 7) is 1.08.